The molecule has 102 valence electrons. The molecule has 3 rings (SSSR count). The summed E-state index contributed by atoms with van der Waals surface area (Å²) in [5.74, 6) is 0.444. The van der Waals surface area contributed by atoms with E-state index in [0.717, 1.165) is 11.1 Å². The third-order valence-corrected chi connectivity index (χ3v) is 3.67. The Morgan fingerprint density at radius 2 is 2.20 bits per heavy atom. The highest BCUT2D eigenvalue weighted by Gasteiger charge is 2.26. The van der Waals surface area contributed by atoms with Crippen molar-refractivity contribution in [3.63, 3.8) is 0 Å². The summed E-state index contributed by atoms with van der Waals surface area (Å²) in [4.78, 5) is 15.4. The van der Waals surface area contributed by atoms with Gasteiger partial charge in [-0.1, -0.05) is 29.0 Å². The third-order valence-electron chi connectivity index (χ3n) is 2.92. The van der Waals surface area contributed by atoms with Gasteiger partial charge >= 0.3 is 11.7 Å². The molecule has 0 N–H and O–H groups in total. The normalized spacial score (nSPS) is 10.9. The molecule has 7 heteroatoms. The lowest BCUT2D eigenvalue weighted by atomic mass is 10.1. The van der Waals surface area contributed by atoms with E-state index in [-0.39, 0.29) is 11.7 Å². The van der Waals surface area contributed by atoms with Gasteiger partial charge in [-0.2, -0.15) is 9.38 Å². The van der Waals surface area contributed by atoms with Gasteiger partial charge in [0.05, 0.1) is 0 Å². The fourth-order valence-corrected chi connectivity index (χ4v) is 2.71. The summed E-state index contributed by atoms with van der Waals surface area (Å²) in [7, 11) is 0. The van der Waals surface area contributed by atoms with Crippen LogP contribution in [0.15, 0.2) is 29.8 Å². The number of ether oxygens (including phenoxy) is 1. The third kappa shape index (κ3) is 2.01. The number of nitrogens with zero attached hydrogens (tertiary/aromatic N) is 3. The summed E-state index contributed by atoms with van der Waals surface area (Å²) in [6.45, 7) is 3.87. The number of nitro groups is 1. The number of imidazole rings is 1. The lowest BCUT2D eigenvalue weighted by Crippen LogP contribution is -1.96. The highest BCUT2D eigenvalue weighted by Crippen LogP contribution is 2.34. The Labute approximate surface area is 118 Å². The number of hydrogen-bond acceptors (Lipinski definition) is 5. The molecule has 0 saturated carbocycles. The van der Waals surface area contributed by atoms with Crippen LogP contribution in [0.2, 0.25) is 0 Å². The van der Waals surface area contributed by atoms with Crippen molar-refractivity contribution in [1.29, 1.82) is 0 Å². The molecule has 0 atom stereocenters. The van der Waals surface area contributed by atoms with E-state index < -0.39 is 4.92 Å². The number of thiazole rings is 1. The minimum Gasteiger partial charge on any atom is -0.432 e. The van der Waals surface area contributed by atoms with Crippen LogP contribution in [0.5, 0.6) is 11.6 Å². The van der Waals surface area contributed by atoms with E-state index in [9.17, 15) is 10.1 Å². The molecule has 0 amide bonds. The standard InChI is InChI=1S/C13H11N3O3S/c1-8-3-4-10(9(2)7-8)19-11-12(16(17)18)15-5-6-20-13(15)14-11/h3-7H,1-2H3. The Bertz CT molecular complexity index is 806. The fraction of sp³-hybridized carbons (Fsp3) is 0.154. The maximum absolute atomic E-state index is 11.2. The highest BCUT2D eigenvalue weighted by atomic mass is 32.1. The first-order valence-electron chi connectivity index (χ1n) is 5.91. The first-order valence-corrected chi connectivity index (χ1v) is 6.79. The zero-order valence-corrected chi connectivity index (χ0v) is 11.7. The Morgan fingerprint density at radius 3 is 2.90 bits per heavy atom. The molecule has 0 aliphatic heterocycles. The molecule has 0 radical (unpaired) electrons. The second-order valence-electron chi connectivity index (χ2n) is 4.42. The molecule has 6 nitrogen and oxygen atoms in total. The fourth-order valence-electron chi connectivity index (χ4n) is 2.01. The molecule has 2 aromatic heterocycles. The van der Waals surface area contributed by atoms with Crippen LogP contribution in [-0.2, 0) is 0 Å². The van der Waals surface area contributed by atoms with Crippen molar-refractivity contribution < 1.29 is 9.66 Å². The number of hydrogen-bond donors (Lipinski definition) is 0. The van der Waals surface area contributed by atoms with Crippen molar-refractivity contribution >= 4 is 22.1 Å². The van der Waals surface area contributed by atoms with Gasteiger partial charge in [0.2, 0.25) is 0 Å². The van der Waals surface area contributed by atoms with Gasteiger partial charge in [0.15, 0.2) is 0 Å². The number of aromatic nitrogens is 2. The van der Waals surface area contributed by atoms with Crippen molar-refractivity contribution in [1.82, 2.24) is 9.38 Å². The molecule has 0 fully saturated rings. The first kappa shape index (κ1) is 12.6. The Kier molecular flexibility index (Phi) is 2.90. The predicted molar refractivity (Wildman–Crippen MR) is 75.7 cm³/mol. The van der Waals surface area contributed by atoms with E-state index in [0.29, 0.717) is 10.7 Å². The average molecular weight is 289 g/mol. The smallest absolute Gasteiger partial charge is 0.393 e. The number of fused-ring (bicyclic) bond motifs is 1. The number of rotatable bonds is 3. The summed E-state index contributed by atoms with van der Waals surface area (Å²) in [5.41, 5.74) is 2.02. The molecule has 2 heterocycles. The Morgan fingerprint density at radius 1 is 1.40 bits per heavy atom. The Balaban J connectivity index is 2.08. The lowest BCUT2D eigenvalue weighted by Gasteiger charge is -2.06. The molecule has 0 aliphatic rings. The quantitative estimate of drug-likeness (QED) is 0.544. The minimum atomic E-state index is -0.481. The zero-order chi connectivity index (χ0) is 14.3. The van der Waals surface area contributed by atoms with E-state index in [1.165, 1.54) is 15.7 Å². The number of aryl methyl sites for hydroxylation is 2. The van der Waals surface area contributed by atoms with Crippen molar-refractivity contribution in [3.05, 3.63) is 51.0 Å². The van der Waals surface area contributed by atoms with Gasteiger partial charge in [-0.3, -0.25) is 0 Å². The second-order valence-corrected chi connectivity index (χ2v) is 5.30. The topological polar surface area (TPSA) is 69.7 Å². The molecule has 0 unspecified atom stereocenters. The Hall–Kier alpha value is -2.41. The summed E-state index contributed by atoms with van der Waals surface area (Å²) in [5, 5.41) is 12.9. The summed E-state index contributed by atoms with van der Waals surface area (Å²) >= 11 is 1.32. The molecular weight excluding hydrogens is 278 g/mol. The maximum Gasteiger partial charge on any atom is 0.393 e. The van der Waals surface area contributed by atoms with Crippen LogP contribution in [0, 0.1) is 24.0 Å². The van der Waals surface area contributed by atoms with Crippen LogP contribution in [-0.4, -0.2) is 14.3 Å². The van der Waals surface area contributed by atoms with Crippen LogP contribution in [0.3, 0.4) is 0 Å². The van der Waals surface area contributed by atoms with Crippen LogP contribution in [0.1, 0.15) is 11.1 Å². The number of benzene rings is 1. The minimum absolute atomic E-state index is 0.0220. The van der Waals surface area contributed by atoms with Crippen molar-refractivity contribution in [2.24, 2.45) is 0 Å². The van der Waals surface area contributed by atoms with Gasteiger partial charge < -0.3 is 14.9 Å². The second kappa shape index (κ2) is 4.61. The van der Waals surface area contributed by atoms with Crippen LogP contribution >= 0.6 is 11.3 Å². The molecule has 0 saturated heterocycles. The van der Waals surface area contributed by atoms with Crippen molar-refractivity contribution in [2.45, 2.75) is 13.8 Å². The van der Waals surface area contributed by atoms with E-state index in [1.54, 1.807) is 17.6 Å². The van der Waals surface area contributed by atoms with Gasteiger partial charge in [0.25, 0.3) is 4.96 Å². The van der Waals surface area contributed by atoms with Crippen molar-refractivity contribution in [2.75, 3.05) is 0 Å². The van der Waals surface area contributed by atoms with Crippen LogP contribution in [0.4, 0.5) is 5.82 Å². The van der Waals surface area contributed by atoms with Crippen molar-refractivity contribution in [3.8, 4) is 11.6 Å². The largest absolute Gasteiger partial charge is 0.432 e. The van der Waals surface area contributed by atoms with Gasteiger partial charge in [-0.05, 0) is 30.4 Å². The van der Waals surface area contributed by atoms with Crippen LogP contribution < -0.4 is 4.74 Å². The van der Waals surface area contributed by atoms with Gasteiger partial charge in [0, 0.05) is 5.38 Å². The first-order chi connectivity index (χ1) is 9.56. The molecule has 20 heavy (non-hydrogen) atoms. The molecule has 3 aromatic rings. The summed E-state index contributed by atoms with van der Waals surface area (Å²) in [6, 6.07) is 5.65. The summed E-state index contributed by atoms with van der Waals surface area (Å²) < 4.78 is 7.05. The molecular formula is C13H11N3O3S. The summed E-state index contributed by atoms with van der Waals surface area (Å²) in [6.07, 6.45) is 1.61. The predicted octanol–water partition coefficient (Wildman–Crippen LogP) is 3.71. The van der Waals surface area contributed by atoms with Gasteiger partial charge in [-0.25, -0.2) is 0 Å². The maximum atomic E-state index is 11.2. The highest BCUT2D eigenvalue weighted by molar-refractivity contribution is 7.15. The van der Waals surface area contributed by atoms with Crippen LogP contribution in [0.25, 0.3) is 4.96 Å². The molecule has 0 bridgehead atoms. The van der Waals surface area contributed by atoms with E-state index >= 15 is 0 Å². The molecule has 1 aromatic carbocycles. The molecule has 0 spiro atoms. The zero-order valence-electron chi connectivity index (χ0n) is 10.9. The molecule has 0 aliphatic carbocycles. The van der Waals surface area contributed by atoms with Gasteiger partial charge in [-0.15, -0.1) is 0 Å². The average Bonchev–Trinajstić information content (AvgIpc) is 2.91. The SMILES string of the molecule is Cc1ccc(Oc2nc3sccn3c2[N+](=O)[O-])c(C)c1. The lowest BCUT2D eigenvalue weighted by molar-refractivity contribution is -0.391. The van der Waals surface area contributed by atoms with E-state index in [1.807, 2.05) is 26.0 Å². The monoisotopic (exact) mass is 289 g/mol. The van der Waals surface area contributed by atoms with E-state index in [4.69, 9.17) is 4.74 Å². The van der Waals surface area contributed by atoms with Gasteiger partial charge in [0.1, 0.15) is 11.9 Å². The van der Waals surface area contributed by atoms with E-state index in [2.05, 4.69) is 4.98 Å².